The van der Waals surface area contributed by atoms with E-state index in [1.54, 1.807) is 0 Å². The van der Waals surface area contributed by atoms with Crippen molar-refractivity contribution in [3.8, 4) is 78.3 Å². The first-order valence-electron chi connectivity index (χ1n) is 17.6. The van der Waals surface area contributed by atoms with Crippen LogP contribution in [0.15, 0.2) is 182 Å². The number of nitrogens with zero attached hydrogens (tertiary/aromatic N) is 2. The molecule has 0 fully saturated rings. The lowest BCUT2D eigenvalue weighted by Gasteiger charge is -2.19. The van der Waals surface area contributed by atoms with Gasteiger partial charge in [-0.25, -0.2) is 9.97 Å². The van der Waals surface area contributed by atoms with Crippen LogP contribution in [-0.4, -0.2) is 18.0 Å². The minimum absolute atomic E-state index is 0.777. The van der Waals surface area contributed by atoms with Gasteiger partial charge in [0.1, 0.15) is 8.07 Å². The Hall–Kier alpha value is -6.16. The SMILES string of the molecule is C[Si]1(C)c2ccccc2-c2c(-c3ccc(-c4ccccc4)cc3)nc(-c3cccc(-c4cccc(-c5ccc(-c6ccccc6)cc5)c4)c3)nc21. The van der Waals surface area contributed by atoms with Gasteiger partial charge in [-0.15, -0.1) is 0 Å². The lowest BCUT2D eigenvalue weighted by atomic mass is 9.96. The summed E-state index contributed by atoms with van der Waals surface area (Å²) in [5, 5.41) is 2.64. The van der Waals surface area contributed by atoms with Crippen molar-refractivity contribution in [2.45, 2.75) is 13.1 Å². The van der Waals surface area contributed by atoms with Gasteiger partial charge in [0.2, 0.25) is 0 Å². The average molecular weight is 669 g/mol. The number of aromatic nitrogens is 2. The monoisotopic (exact) mass is 668 g/mol. The van der Waals surface area contributed by atoms with E-state index in [2.05, 4.69) is 195 Å². The molecule has 1 aliphatic rings. The Morgan fingerprint density at radius 2 is 0.765 bits per heavy atom. The van der Waals surface area contributed by atoms with Gasteiger partial charge >= 0.3 is 0 Å². The molecule has 8 aromatic rings. The summed E-state index contributed by atoms with van der Waals surface area (Å²) in [4.78, 5) is 10.8. The molecule has 242 valence electrons. The Labute approximate surface area is 300 Å². The van der Waals surface area contributed by atoms with E-state index in [9.17, 15) is 0 Å². The zero-order chi connectivity index (χ0) is 34.4. The van der Waals surface area contributed by atoms with E-state index >= 15 is 0 Å². The van der Waals surface area contributed by atoms with Crippen LogP contribution in [0.5, 0.6) is 0 Å². The van der Waals surface area contributed by atoms with Gasteiger partial charge in [-0.05, 0) is 67.4 Å². The highest BCUT2D eigenvalue weighted by molar-refractivity contribution is 7.03. The lowest BCUT2D eigenvalue weighted by molar-refractivity contribution is 1.21. The molecule has 0 unspecified atom stereocenters. The third kappa shape index (κ3) is 5.62. The molecule has 3 heteroatoms. The van der Waals surface area contributed by atoms with Crippen LogP contribution in [-0.2, 0) is 0 Å². The second-order valence-electron chi connectivity index (χ2n) is 13.8. The molecule has 0 spiro atoms. The first-order chi connectivity index (χ1) is 25.0. The van der Waals surface area contributed by atoms with Crippen LogP contribution in [0.25, 0.3) is 78.3 Å². The molecule has 51 heavy (non-hydrogen) atoms. The molecule has 0 amide bonds. The molecule has 0 atom stereocenters. The lowest BCUT2D eigenvalue weighted by Crippen LogP contribution is -2.50. The Morgan fingerprint density at radius 1 is 0.353 bits per heavy atom. The van der Waals surface area contributed by atoms with Crippen LogP contribution < -0.4 is 10.5 Å². The van der Waals surface area contributed by atoms with E-state index < -0.39 is 8.07 Å². The van der Waals surface area contributed by atoms with Crippen molar-refractivity contribution in [2.75, 3.05) is 0 Å². The van der Waals surface area contributed by atoms with Crippen molar-refractivity contribution >= 4 is 18.6 Å². The van der Waals surface area contributed by atoms with Gasteiger partial charge in [0, 0.05) is 22.0 Å². The summed E-state index contributed by atoms with van der Waals surface area (Å²) in [6.07, 6.45) is 0. The Bertz CT molecular complexity index is 2520. The molecule has 7 aromatic carbocycles. The van der Waals surface area contributed by atoms with Gasteiger partial charge < -0.3 is 0 Å². The van der Waals surface area contributed by atoms with E-state index in [1.165, 1.54) is 60.6 Å². The number of rotatable bonds is 6. The van der Waals surface area contributed by atoms with Gasteiger partial charge in [0.05, 0.1) is 5.69 Å². The largest absolute Gasteiger partial charge is 0.237 e. The van der Waals surface area contributed by atoms with Gasteiger partial charge in [-0.3, -0.25) is 0 Å². The van der Waals surface area contributed by atoms with Crippen LogP contribution in [0.3, 0.4) is 0 Å². The van der Waals surface area contributed by atoms with Crippen molar-refractivity contribution < 1.29 is 0 Å². The summed E-state index contributed by atoms with van der Waals surface area (Å²) in [6, 6.07) is 65.2. The predicted octanol–water partition coefficient (Wildman–Crippen LogP) is 11.3. The number of hydrogen-bond acceptors (Lipinski definition) is 2. The highest BCUT2D eigenvalue weighted by Crippen LogP contribution is 2.38. The van der Waals surface area contributed by atoms with Crippen LogP contribution in [0.1, 0.15) is 0 Å². The Kier molecular flexibility index (Phi) is 7.64. The molecular weight excluding hydrogens is 633 g/mol. The maximum absolute atomic E-state index is 5.43. The molecular formula is C48H36N2Si. The van der Waals surface area contributed by atoms with Crippen molar-refractivity contribution in [3.63, 3.8) is 0 Å². The molecule has 0 aliphatic carbocycles. The Morgan fingerprint density at radius 3 is 1.35 bits per heavy atom. The smallest absolute Gasteiger partial charge is 0.159 e. The highest BCUT2D eigenvalue weighted by Gasteiger charge is 2.41. The maximum Gasteiger partial charge on any atom is 0.159 e. The fourth-order valence-corrected chi connectivity index (χ4v) is 10.4. The van der Waals surface area contributed by atoms with Gasteiger partial charge in [-0.1, -0.05) is 183 Å². The molecule has 0 saturated heterocycles. The highest BCUT2D eigenvalue weighted by atomic mass is 28.3. The third-order valence-electron chi connectivity index (χ3n) is 10.3. The summed E-state index contributed by atoms with van der Waals surface area (Å²) in [7, 11) is -2.07. The van der Waals surface area contributed by atoms with E-state index in [1.807, 2.05) is 0 Å². The maximum atomic E-state index is 5.43. The second kappa shape index (κ2) is 12.6. The molecule has 9 rings (SSSR count). The van der Waals surface area contributed by atoms with Crippen LogP contribution in [0.4, 0.5) is 0 Å². The van der Waals surface area contributed by atoms with Crippen LogP contribution >= 0.6 is 0 Å². The van der Waals surface area contributed by atoms with E-state index in [-0.39, 0.29) is 0 Å². The summed E-state index contributed by atoms with van der Waals surface area (Å²) in [5.74, 6) is 0.777. The molecule has 2 heterocycles. The summed E-state index contributed by atoms with van der Waals surface area (Å²) in [5.41, 5.74) is 15.2. The quantitative estimate of drug-likeness (QED) is 0.165. The molecule has 0 saturated carbocycles. The fourth-order valence-electron chi connectivity index (χ4n) is 7.53. The van der Waals surface area contributed by atoms with E-state index in [0.29, 0.717) is 0 Å². The van der Waals surface area contributed by atoms with Crippen LogP contribution in [0.2, 0.25) is 13.1 Å². The first kappa shape index (κ1) is 30.9. The van der Waals surface area contributed by atoms with Crippen molar-refractivity contribution in [1.82, 2.24) is 9.97 Å². The van der Waals surface area contributed by atoms with Crippen molar-refractivity contribution in [3.05, 3.63) is 182 Å². The number of fused-ring (bicyclic) bond motifs is 3. The zero-order valence-corrected chi connectivity index (χ0v) is 29.7. The summed E-state index contributed by atoms with van der Waals surface area (Å²) >= 11 is 0. The first-order valence-corrected chi connectivity index (χ1v) is 20.6. The van der Waals surface area contributed by atoms with Crippen LogP contribution in [0, 0.1) is 0 Å². The van der Waals surface area contributed by atoms with Gasteiger partial charge in [0.15, 0.2) is 5.82 Å². The minimum atomic E-state index is -2.07. The summed E-state index contributed by atoms with van der Waals surface area (Å²) < 4.78 is 0. The number of hydrogen-bond donors (Lipinski definition) is 0. The predicted molar refractivity (Wildman–Crippen MR) is 217 cm³/mol. The van der Waals surface area contributed by atoms with Gasteiger partial charge in [-0.2, -0.15) is 0 Å². The van der Waals surface area contributed by atoms with Gasteiger partial charge in [0.25, 0.3) is 0 Å². The molecule has 0 bridgehead atoms. The van der Waals surface area contributed by atoms with E-state index in [0.717, 1.165) is 28.2 Å². The van der Waals surface area contributed by atoms with E-state index in [4.69, 9.17) is 9.97 Å². The molecule has 1 aliphatic heterocycles. The molecule has 1 aromatic heterocycles. The Balaban J connectivity index is 1.12. The van der Waals surface area contributed by atoms with Crippen molar-refractivity contribution in [1.29, 1.82) is 0 Å². The molecule has 0 N–H and O–H groups in total. The third-order valence-corrected chi connectivity index (χ3v) is 13.6. The molecule has 2 nitrogen and oxygen atoms in total. The van der Waals surface area contributed by atoms with Crippen molar-refractivity contribution in [2.24, 2.45) is 0 Å². The normalized spacial score (nSPS) is 12.7. The topological polar surface area (TPSA) is 25.8 Å². The molecule has 0 radical (unpaired) electrons. The summed E-state index contributed by atoms with van der Waals surface area (Å²) in [6.45, 7) is 4.84. The fraction of sp³-hybridized carbons (Fsp3) is 0.0417. The number of benzene rings is 7. The zero-order valence-electron chi connectivity index (χ0n) is 28.7. The minimum Gasteiger partial charge on any atom is -0.237 e. The second-order valence-corrected chi connectivity index (χ2v) is 18.1. The average Bonchev–Trinajstić information content (AvgIpc) is 3.44. The standard InChI is InChI=1S/C48H36N2Si/c1-51(2)44-22-10-9-21-43(44)45-46(38-29-27-36(28-30-38)34-15-7-4-8-16-34)49-47(50-48(45)51)42-20-12-19-41(32-42)40-18-11-17-39(31-40)37-25-23-35(24-26-37)33-13-5-3-6-14-33/h3-32H,1-2H3.